The van der Waals surface area contributed by atoms with E-state index in [0.717, 1.165) is 0 Å². The maximum absolute atomic E-state index is 12.9. The molecule has 0 spiro atoms. The fraction of sp³-hybridized carbons (Fsp3) is 0.0625. The minimum Gasteiger partial charge on any atom is -0.368 e. The number of nitrogens with zero attached hydrogens (tertiary/aromatic N) is 1. The number of nitrogens with one attached hydrogen (secondary N) is 2. The van der Waals surface area contributed by atoms with Gasteiger partial charge in [0.25, 0.3) is 0 Å². The van der Waals surface area contributed by atoms with E-state index in [4.69, 9.17) is 11.0 Å². The molecule has 0 aliphatic rings. The van der Waals surface area contributed by atoms with Crippen LogP contribution in [-0.2, 0) is 4.79 Å². The molecule has 0 aliphatic carbocycles. The maximum Gasteiger partial charge on any atom is 0.320 e. The van der Waals surface area contributed by atoms with Crippen LogP contribution in [0.15, 0.2) is 48.5 Å². The van der Waals surface area contributed by atoms with Crippen molar-refractivity contribution >= 4 is 17.6 Å². The van der Waals surface area contributed by atoms with E-state index in [1.165, 1.54) is 30.3 Å². The van der Waals surface area contributed by atoms with Crippen molar-refractivity contribution in [3.8, 4) is 6.07 Å². The molecule has 0 bridgehead atoms. The first-order valence-electron chi connectivity index (χ1n) is 6.62. The predicted molar refractivity (Wildman–Crippen MR) is 81.6 cm³/mol. The van der Waals surface area contributed by atoms with Gasteiger partial charge in [0.2, 0.25) is 5.91 Å². The van der Waals surface area contributed by atoms with Gasteiger partial charge in [-0.1, -0.05) is 18.2 Å². The van der Waals surface area contributed by atoms with E-state index < -0.39 is 23.8 Å². The Morgan fingerprint density at radius 2 is 1.87 bits per heavy atom. The molecule has 2 aromatic carbocycles. The molecular formula is C16H13FN4O2. The number of amides is 3. The molecule has 0 saturated heterocycles. The molecule has 116 valence electrons. The average molecular weight is 312 g/mol. The van der Waals surface area contributed by atoms with Gasteiger partial charge >= 0.3 is 6.03 Å². The van der Waals surface area contributed by atoms with E-state index >= 15 is 0 Å². The van der Waals surface area contributed by atoms with Crippen LogP contribution in [0.1, 0.15) is 17.2 Å². The molecule has 2 rings (SSSR count). The lowest BCUT2D eigenvalue weighted by Gasteiger charge is -2.16. The third kappa shape index (κ3) is 4.28. The van der Waals surface area contributed by atoms with Gasteiger partial charge < -0.3 is 16.4 Å². The van der Waals surface area contributed by atoms with Gasteiger partial charge in [0.15, 0.2) is 0 Å². The maximum atomic E-state index is 12.9. The van der Waals surface area contributed by atoms with Crippen LogP contribution in [0.4, 0.5) is 14.9 Å². The third-order valence-corrected chi connectivity index (χ3v) is 3.01. The zero-order valence-electron chi connectivity index (χ0n) is 11.9. The summed E-state index contributed by atoms with van der Waals surface area (Å²) in [6.07, 6.45) is 0. The lowest BCUT2D eigenvalue weighted by molar-refractivity contribution is -0.119. The van der Waals surface area contributed by atoms with E-state index in [1.807, 2.05) is 6.07 Å². The van der Waals surface area contributed by atoms with Crippen molar-refractivity contribution in [3.05, 3.63) is 65.5 Å². The van der Waals surface area contributed by atoms with Crippen LogP contribution in [0, 0.1) is 17.1 Å². The summed E-state index contributed by atoms with van der Waals surface area (Å²) in [7, 11) is 0. The number of nitrogens with two attached hydrogens (primary N) is 1. The highest BCUT2D eigenvalue weighted by Gasteiger charge is 2.20. The SMILES string of the molecule is N#Cc1cccc(NC(=O)N[C@H](C(N)=O)c2ccc(F)cc2)c1. The fourth-order valence-corrected chi connectivity index (χ4v) is 1.94. The summed E-state index contributed by atoms with van der Waals surface area (Å²) in [6, 6.07) is 11.5. The topological polar surface area (TPSA) is 108 Å². The number of carbonyl (C=O) groups excluding carboxylic acids is 2. The largest absolute Gasteiger partial charge is 0.368 e. The highest BCUT2D eigenvalue weighted by molar-refractivity contribution is 5.93. The van der Waals surface area contributed by atoms with Gasteiger partial charge in [-0.05, 0) is 35.9 Å². The average Bonchev–Trinajstić information content (AvgIpc) is 2.53. The standard InChI is InChI=1S/C16H13FN4O2/c17-12-6-4-11(5-7-12)14(15(19)22)21-16(23)20-13-3-1-2-10(8-13)9-18/h1-8,14H,(H2,19,22)(H2,20,21,23)/t14-/m0/s1. The Hall–Kier alpha value is -3.40. The Bertz CT molecular complexity index is 768. The van der Waals surface area contributed by atoms with Gasteiger partial charge in [-0.2, -0.15) is 5.26 Å². The Morgan fingerprint density at radius 1 is 1.17 bits per heavy atom. The molecule has 0 aliphatic heterocycles. The van der Waals surface area contributed by atoms with Crippen molar-refractivity contribution in [2.75, 3.05) is 5.32 Å². The summed E-state index contributed by atoms with van der Waals surface area (Å²) in [4.78, 5) is 23.5. The van der Waals surface area contributed by atoms with Gasteiger partial charge in [-0.15, -0.1) is 0 Å². The first-order chi connectivity index (χ1) is 11.0. The van der Waals surface area contributed by atoms with Crippen molar-refractivity contribution < 1.29 is 14.0 Å². The van der Waals surface area contributed by atoms with Crippen LogP contribution < -0.4 is 16.4 Å². The van der Waals surface area contributed by atoms with Crippen molar-refractivity contribution in [1.29, 1.82) is 5.26 Å². The van der Waals surface area contributed by atoms with Crippen LogP contribution in [0.3, 0.4) is 0 Å². The number of carbonyl (C=O) groups is 2. The zero-order chi connectivity index (χ0) is 16.8. The van der Waals surface area contributed by atoms with Crippen LogP contribution in [-0.4, -0.2) is 11.9 Å². The molecule has 3 amide bonds. The number of hydrogen-bond acceptors (Lipinski definition) is 3. The highest BCUT2D eigenvalue weighted by Crippen LogP contribution is 2.14. The van der Waals surface area contributed by atoms with Gasteiger partial charge in [0, 0.05) is 5.69 Å². The molecule has 0 heterocycles. The Kier molecular flexibility index (Phi) is 4.89. The van der Waals surface area contributed by atoms with Crippen LogP contribution in [0.5, 0.6) is 0 Å². The van der Waals surface area contributed by atoms with Gasteiger partial charge in [-0.25, -0.2) is 9.18 Å². The lowest BCUT2D eigenvalue weighted by Crippen LogP contribution is -2.39. The molecule has 0 radical (unpaired) electrons. The van der Waals surface area contributed by atoms with Crippen molar-refractivity contribution in [1.82, 2.24) is 5.32 Å². The molecule has 0 aromatic heterocycles. The molecule has 23 heavy (non-hydrogen) atoms. The summed E-state index contributed by atoms with van der Waals surface area (Å²) < 4.78 is 12.9. The predicted octanol–water partition coefficient (Wildman–Crippen LogP) is 2.05. The van der Waals surface area contributed by atoms with Gasteiger partial charge in [0.1, 0.15) is 11.9 Å². The molecule has 0 unspecified atom stereocenters. The number of rotatable bonds is 4. The molecule has 7 heteroatoms. The number of primary amides is 1. The Labute approximate surface area is 131 Å². The molecule has 0 fully saturated rings. The zero-order valence-corrected chi connectivity index (χ0v) is 11.9. The van der Waals surface area contributed by atoms with Crippen molar-refractivity contribution in [2.24, 2.45) is 5.73 Å². The minimum atomic E-state index is -1.10. The van der Waals surface area contributed by atoms with Gasteiger partial charge in [0.05, 0.1) is 11.6 Å². The normalized spacial score (nSPS) is 11.1. The van der Waals surface area contributed by atoms with Crippen molar-refractivity contribution in [2.45, 2.75) is 6.04 Å². The number of halogens is 1. The van der Waals surface area contributed by atoms with E-state index in [1.54, 1.807) is 18.2 Å². The monoisotopic (exact) mass is 312 g/mol. The summed E-state index contributed by atoms with van der Waals surface area (Å²) in [5.74, 6) is -1.24. The molecular weight excluding hydrogens is 299 g/mol. The Morgan fingerprint density at radius 3 is 2.48 bits per heavy atom. The van der Waals surface area contributed by atoms with E-state index in [-0.39, 0.29) is 0 Å². The first-order valence-corrected chi connectivity index (χ1v) is 6.62. The summed E-state index contributed by atoms with van der Waals surface area (Å²) >= 11 is 0. The first kappa shape index (κ1) is 16.0. The fourth-order valence-electron chi connectivity index (χ4n) is 1.94. The molecule has 6 nitrogen and oxygen atoms in total. The van der Waals surface area contributed by atoms with Crippen LogP contribution in [0.25, 0.3) is 0 Å². The molecule has 2 aromatic rings. The van der Waals surface area contributed by atoms with E-state index in [2.05, 4.69) is 10.6 Å². The van der Waals surface area contributed by atoms with E-state index in [0.29, 0.717) is 16.8 Å². The number of hydrogen-bond donors (Lipinski definition) is 3. The molecule has 4 N–H and O–H groups in total. The second kappa shape index (κ2) is 7.04. The second-order valence-corrected chi connectivity index (χ2v) is 4.68. The summed E-state index contributed by atoms with van der Waals surface area (Å²) in [5, 5.41) is 13.7. The van der Waals surface area contributed by atoms with Crippen LogP contribution >= 0.6 is 0 Å². The number of benzene rings is 2. The molecule has 0 saturated carbocycles. The van der Waals surface area contributed by atoms with Crippen LogP contribution in [0.2, 0.25) is 0 Å². The number of nitriles is 1. The van der Waals surface area contributed by atoms with Crippen molar-refractivity contribution in [3.63, 3.8) is 0 Å². The summed E-state index contributed by atoms with van der Waals surface area (Å²) in [6.45, 7) is 0. The van der Waals surface area contributed by atoms with E-state index in [9.17, 15) is 14.0 Å². The quantitative estimate of drug-likeness (QED) is 0.804. The summed E-state index contributed by atoms with van der Waals surface area (Å²) in [5.41, 5.74) is 6.41. The minimum absolute atomic E-state index is 0.361. The van der Waals surface area contributed by atoms with Gasteiger partial charge in [-0.3, -0.25) is 4.79 Å². The number of urea groups is 1. The Balaban J connectivity index is 2.10. The lowest BCUT2D eigenvalue weighted by atomic mass is 10.1. The molecule has 1 atom stereocenters. The highest BCUT2D eigenvalue weighted by atomic mass is 19.1. The smallest absolute Gasteiger partial charge is 0.320 e. The second-order valence-electron chi connectivity index (χ2n) is 4.68. The number of anilines is 1. The third-order valence-electron chi connectivity index (χ3n) is 3.01.